The van der Waals surface area contributed by atoms with E-state index in [0.717, 1.165) is 78.5 Å². The van der Waals surface area contributed by atoms with Gasteiger partial charge in [-0.2, -0.15) is 25.3 Å². The van der Waals surface area contributed by atoms with Crippen LogP contribution in [-0.2, 0) is 172 Å². The second-order valence-corrected chi connectivity index (χ2v) is 32.4. The van der Waals surface area contributed by atoms with Gasteiger partial charge >= 0.3 is 21.1 Å². The molecule has 0 heterocycles. The van der Waals surface area contributed by atoms with Crippen molar-refractivity contribution in [1.82, 2.24) is 29.4 Å². The van der Waals surface area contributed by atoms with Gasteiger partial charge in [-0.25, -0.2) is 0 Å². The number of hydrogen-bond donors (Lipinski definition) is 0. The van der Waals surface area contributed by atoms with Crippen molar-refractivity contribution in [2.75, 3.05) is 78.5 Å². The molecule has 648 valence electrons. The van der Waals surface area contributed by atoms with E-state index in [-0.39, 0.29) is 21.1 Å². The van der Waals surface area contributed by atoms with Gasteiger partial charge in [-0.1, -0.05) is 340 Å². The van der Waals surface area contributed by atoms with Gasteiger partial charge in [0.2, 0.25) is 0 Å². The van der Waals surface area contributed by atoms with Crippen LogP contribution in [0, 0.1) is 0 Å². The van der Waals surface area contributed by atoms with E-state index in [4.69, 9.17) is 174 Å². The zero-order chi connectivity index (χ0) is 85.4. The second kappa shape index (κ2) is 136. The van der Waals surface area contributed by atoms with Crippen LogP contribution >= 0.6 is 73.3 Å². The summed E-state index contributed by atoms with van der Waals surface area (Å²) in [7, 11) is 0. The first-order valence-electron chi connectivity index (χ1n) is 41.1. The maximum Gasteiger partial charge on any atom is 6.00 e. The van der Waals surface area contributed by atoms with Crippen molar-refractivity contribution >= 4 is 250 Å². The minimum Gasteiger partial charge on any atom is -0.411 e. The van der Waals surface area contributed by atoms with Crippen molar-refractivity contribution in [3.8, 4) is 0 Å². The Morgan fingerprint density at radius 2 is 0.220 bits per heavy atom. The molecule has 109 heavy (non-hydrogen) atoms. The molecule has 0 fully saturated rings. The number of unbranched alkanes of at least 4 members (excludes halogenated alkanes) is 36. The Kier molecular flexibility index (Phi) is 173. The molecule has 0 N–H and O–H groups in total. The fourth-order valence-corrected chi connectivity index (χ4v) is 12.7. The van der Waals surface area contributed by atoms with E-state index in [9.17, 15) is 0 Å². The van der Waals surface area contributed by atoms with Crippen LogP contribution in [0.3, 0.4) is 0 Å². The van der Waals surface area contributed by atoms with Gasteiger partial charge < -0.3 is 178 Å². The summed E-state index contributed by atoms with van der Waals surface area (Å²) in [6.45, 7) is 39.6. The molecule has 0 saturated carbocycles. The minimum atomic E-state index is 0. The molecule has 12 nitrogen and oxygen atoms in total. The van der Waals surface area contributed by atoms with Gasteiger partial charge in [-0.3, -0.25) is 0 Å². The Balaban J connectivity index is -0.0000000894. The second-order valence-electron chi connectivity index (χ2n) is 26.2. The van der Waals surface area contributed by atoms with Crippen molar-refractivity contribution in [1.29, 1.82) is 0 Å². The summed E-state index contributed by atoms with van der Waals surface area (Å²) in [5, 5.41) is 0. The van der Waals surface area contributed by atoms with E-state index in [2.05, 4.69) is 188 Å². The molecule has 0 rings (SSSR count). The molecule has 0 aliphatic rings. The smallest absolute Gasteiger partial charge is 0.411 e. The maximum atomic E-state index is 7.83. The molecular formula is C78H156MoN6O6S18. The first kappa shape index (κ1) is 139. The maximum absolute atomic E-state index is 7.83. The van der Waals surface area contributed by atoms with Crippen LogP contribution in [0.25, 0.3) is 0 Å². The number of thiocarbonyl (C=S) groups is 6. The SMILES string of the molecule is CCCCCCN(CCCCCC)C(=S)[S-].CCCCCCN(CCCCCC)C(=S)[S-].CCCCCCN(CCCCCC)C(=S)[S-].CCCCCCN(CCCCCC)C(=S)[S-].CCCCCCN(CCCCCC)C(=S)[S-].CCCCCCN(CCCCCC)C(=S)[S-].O=S.O=S.O=S.O=S.O=S.O=S.[Mo+6]. The molecule has 0 atom stereocenters. The molecule has 0 saturated heterocycles. The molecule has 0 amide bonds. The molecular weight excluding hydrogens is 1790 g/mol. The first-order chi connectivity index (χ1) is 52.3. The van der Waals surface area contributed by atoms with Crippen LogP contribution in [-0.4, -0.2) is 159 Å². The molecule has 0 aliphatic heterocycles. The van der Waals surface area contributed by atoms with Crippen LogP contribution in [0.15, 0.2) is 0 Å². The quantitative estimate of drug-likeness (QED) is 0.0248. The van der Waals surface area contributed by atoms with Gasteiger partial charge in [-0.15, -0.1) is 0 Å². The minimum absolute atomic E-state index is 0. The monoisotopic (exact) mass is 1950 g/mol. The summed E-state index contributed by atoms with van der Waals surface area (Å²) in [4.78, 5) is 13.2. The van der Waals surface area contributed by atoms with Gasteiger partial charge in [0, 0.05) is 78.5 Å². The third-order valence-electron chi connectivity index (χ3n) is 16.9. The fraction of sp³-hybridized carbons (Fsp3) is 0.923. The van der Waals surface area contributed by atoms with Crippen molar-refractivity contribution < 1.29 is 46.3 Å². The third kappa shape index (κ3) is 133. The largest absolute Gasteiger partial charge is 6.00 e. The van der Waals surface area contributed by atoms with Crippen molar-refractivity contribution in [2.24, 2.45) is 0 Å². The molecule has 0 aromatic rings. The molecule has 0 bridgehead atoms. The Morgan fingerprint density at radius 3 is 0.266 bits per heavy atom. The van der Waals surface area contributed by atoms with Crippen molar-refractivity contribution in [2.45, 2.75) is 391 Å². The summed E-state index contributed by atoms with van der Waals surface area (Å²) in [6, 6.07) is 0. The zero-order valence-corrected chi connectivity index (χ0v) is 87.0. The Morgan fingerprint density at radius 1 is 0.156 bits per heavy atom. The predicted octanol–water partition coefficient (Wildman–Crippen LogP) is 23.7. The Hall–Kier alpha value is 1.47. The third-order valence-corrected chi connectivity index (χ3v) is 20.0. The van der Waals surface area contributed by atoms with Crippen LogP contribution in [0.4, 0.5) is 0 Å². The van der Waals surface area contributed by atoms with Gasteiger partial charge in [0.15, 0.2) is 75.2 Å². The summed E-state index contributed by atoms with van der Waals surface area (Å²) in [6.07, 6.45) is 61.8. The summed E-state index contributed by atoms with van der Waals surface area (Å²) < 4.78 is 51.0. The molecule has 0 unspecified atom stereocenters. The average Bonchev–Trinajstić information content (AvgIpc) is 1.04. The van der Waals surface area contributed by atoms with E-state index in [0.29, 0.717) is 25.9 Å². The zero-order valence-electron chi connectivity index (χ0n) is 70.3. The van der Waals surface area contributed by atoms with Crippen LogP contribution < -0.4 is 0 Å². The molecule has 0 aromatic carbocycles. The molecule has 0 spiro atoms. The van der Waals surface area contributed by atoms with Crippen molar-refractivity contribution in [3.05, 3.63) is 0 Å². The Labute approximate surface area is 787 Å². The van der Waals surface area contributed by atoms with Crippen LogP contribution in [0.1, 0.15) is 391 Å². The Bertz CT molecular complexity index is 1390. The molecule has 31 heteroatoms. The summed E-state index contributed by atoms with van der Waals surface area (Å²) in [5.74, 6) is 0. The van der Waals surface area contributed by atoms with Crippen LogP contribution in [0.2, 0.25) is 0 Å². The normalized spacial score (nSPS) is 9.36. The topological polar surface area (TPSA) is 122 Å². The average molecular weight is 1950 g/mol. The van der Waals surface area contributed by atoms with Gasteiger partial charge in [0.1, 0.15) is 0 Å². The standard InChI is InChI=1S/6C13H27NS2.Mo.6OS/c6*1-3-5-7-9-11-14(13(15)16)12-10-8-6-4-2;;6*1-2/h6*3-12H2,1-2H3,(H,15,16);;;;;;;/q;;;;;;+6;;;;;;/p-6. The van der Waals surface area contributed by atoms with Gasteiger partial charge in [0.25, 0.3) is 0 Å². The summed E-state index contributed by atoms with van der Waals surface area (Å²) >= 11 is 78.4. The van der Waals surface area contributed by atoms with E-state index >= 15 is 0 Å². The van der Waals surface area contributed by atoms with E-state index in [1.165, 1.54) is 308 Å². The first-order valence-corrected chi connectivity index (χ1v) is 48.0. The molecule has 0 aliphatic carbocycles. The van der Waals surface area contributed by atoms with Crippen molar-refractivity contribution in [3.63, 3.8) is 0 Å². The van der Waals surface area contributed by atoms with Gasteiger partial charge in [-0.05, 0) is 77.0 Å². The predicted molar refractivity (Wildman–Crippen MR) is 528 cm³/mol. The number of nitrogens with zero attached hydrogens (tertiary/aromatic N) is 6. The van der Waals surface area contributed by atoms with E-state index < -0.39 is 0 Å². The summed E-state index contributed by atoms with van der Waals surface area (Å²) in [5.41, 5.74) is 0. The number of rotatable bonds is 60. The van der Waals surface area contributed by atoms with Crippen LogP contribution in [0.5, 0.6) is 0 Å². The number of hydrogen-bond acceptors (Lipinski definition) is 24. The molecule has 0 radical (unpaired) electrons. The fourth-order valence-electron chi connectivity index (χ4n) is 10.5. The molecule has 0 aromatic heterocycles. The van der Waals surface area contributed by atoms with Gasteiger partial charge in [0.05, 0.1) is 0 Å². The van der Waals surface area contributed by atoms with E-state index in [1.807, 2.05) is 0 Å². The van der Waals surface area contributed by atoms with E-state index in [1.54, 1.807) is 0 Å².